The van der Waals surface area contributed by atoms with Crippen LogP contribution in [0, 0.1) is 0 Å². The lowest BCUT2D eigenvalue weighted by Crippen LogP contribution is -2.59. The van der Waals surface area contributed by atoms with E-state index in [1.54, 1.807) is 0 Å². The first-order valence-electron chi connectivity index (χ1n) is 7.57. The van der Waals surface area contributed by atoms with Crippen molar-refractivity contribution < 1.29 is 17.7 Å². The molecular weight excluding hydrogens is 318 g/mol. The fourth-order valence-corrected chi connectivity index (χ4v) is 9.21. The van der Waals surface area contributed by atoms with Gasteiger partial charge in [0.15, 0.2) is 8.32 Å². The molecule has 0 rings (SSSR count). The maximum absolute atomic E-state index is 6.36. The molecule has 0 amide bonds. The van der Waals surface area contributed by atoms with Gasteiger partial charge in [0.25, 0.3) is 0 Å². The zero-order valence-corrected chi connectivity index (χ0v) is 18.8. The first-order chi connectivity index (χ1) is 9.13. The van der Waals surface area contributed by atoms with Crippen LogP contribution in [0.15, 0.2) is 0 Å². The molecule has 2 atom stereocenters. The summed E-state index contributed by atoms with van der Waals surface area (Å²) in [6.07, 6.45) is 0.841. The molecule has 0 aromatic rings. The van der Waals surface area contributed by atoms with Crippen molar-refractivity contribution in [2.24, 2.45) is 0 Å². The van der Waals surface area contributed by atoms with Gasteiger partial charge in [-0.15, -0.1) is 0 Å². The Balaban J connectivity index is 5.21. The normalized spacial score (nSPS) is 19.4. The maximum atomic E-state index is 6.36. The Labute approximate surface area is 134 Å². The Morgan fingerprint density at radius 1 is 0.857 bits per heavy atom. The average molecular weight is 354 g/mol. The summed E-state index contributed by atoms with van der Waals surface area (Å²) in [5, 5.41) is 0. The number of nitrogens with zero attached hydrogens (tertiary/aromatic N) is 1. The van der Waals surface area contributed by atoms with E-state index in [0.717, 1.165) is 6.42 Å². The fraction of sp³-hybridized carbons (Fsp3) is 1.00. The lowest BCUT2D eigenvalue weighted by atomic mass is 10.2. The molecule has 128 valence electrons. The highest BCUT2D eigenvalue weighted by Crippen LogP contribution is 2.28. The van der Waals surface area contributed by atoms with Crippen LogP contribution in [0.3, 0.4) is 0 Å². The third-order valence-electron chi connectivity index (χ3n) is 2.94. The van der Waals surface area contributed by atoms with Gasteiger partial charge in [-0.2, -0.15) is 0 Å². The Kier molecular flexibility index (Phi) is 7.50. The minimum atomic E-state index is -2.88. The molecule has 0 saturated carbocycles. The van der Waals surface area contributed by atoms with Crippen LogP contribution >= 0.6 is 0 Å². The van der Waals surface area contributed by atoms with E-state index >= 15 is 0 Å². The second kappa shape index (κ2) is 7.35. The Bertz CT molecular complexity index is 330. The summed E-state index contributed by atoms with van der Waals surface area (Å²) in [4.78, 5) is 2.06. The average Bonchev–Trinajstić information content (AvgIpc) is 2.22. The smallest absolute Gasteiger partial charge is 0.415 e. The second-order valence-corrected chi connectivity index (χ2v) is 19.4. The van der Waals surface area contributed by atoms with Crippen LogP contribution in [0.25, 0.3) is 0 Å². The van der Waals surface area contributed by atoms with E-state index in [-0.39, 0.29) is 0 Å². The van der Waals surface area contributed by atoms with Gasteiger partial charge in [0.1, 0.15) is 5.72 Å². The molecule has 0 spiro atoms. The molecule has 0 aliphatic heterocycles. The van der Waals surface area contributed by atoms with Crippen molar-refractivity contribution in [3.05, 3.63) is 0 Å². The highest BCUT2D eigenvalue weighted by atomic mass is 28.5. The van der Waals surface area contributed by atoms with Crippen molar-refractivity contribution in [3.8, 4) is 0 Å². The molecule has 0 aromatic carbocycles. The van der Waals surface area contributed by atoms with Crippen LogP contribution in [-0.4, -0.2) is 50.2 Å². The Hall–Kier alpha value is 0.451. The molecule has 8 heteroatoms. The quantitative estimate of drug-likeness (QED) is 0.272. The van der Waals surface area contributed by atoms with E-state index in [9.17, 15) is 0 Å². The molecule has 21 heavy (non-hydrogen) atoms. The minimum absolute atomic E-state index is 0.427. The second-order valence-electron chi connectivity index (χ2n) is 7.88. The Morgan fingerprint density at radius 2 is 1.33 bits per heavy atom. The van der Waals surface area contributed by atoms with Crippen LogP contribution in [0.2, 0.25) is 45.8 Å². The van der Waals surface area contributed by atoms with Crippen molar-refractivity contribution in [1.82, 2.24) is 4.90 Å². The van der Waals surface area contributed by atoms with E-state index in [1.165, 1.54) is 0 Å². The lowest BCUT2D eigenvalue weighted by molar-refractivity contribution is -0.193. The van der Waals surface area contributed by atoms with Crippen molar-refractivity contribution in [2.45, 2.75) is 71.8 Å². The summed E-state index contributed by atoms with van der Waals surface area (Å²) in [6.45, 7) is 18.8. The van der Waals surface area contributed by atoms with E-state index in [0.29, 0.717) is 0 Å². The molecule has 0 radical (unpaired) electrons. The molecular formula is C13H35NO4Si3. The molecule has 0 aliphatic rings. The zero-order valence-electron chi connectivity index (χ0n) is 15.8. The largest absolute Gasteiger partial charge is 0.516 e. The predicted octanol–water partition coefficient (Wildman–Crippen LogP) is 3.89. The highest BCUT2D eigenvalue weighted by Gasteiger charge is 2.47. The van der Waals surface area contributed by atoms with E-state index in [2.05, 4.69) is 58.0 Å². The first-order valence-corrected chi connectivity index (χ1v) is 16.6. The number of rotatable bonds is 9. The first kappa shape index (κ1) is 21.5. The van der Waals surface area contributed by atoms with E-state index in [4.69, 9.17) is 17.7 Å². The van der Waals surface area contributed by atoms with Gasteiger partial charge in [-0.25, -0.2) is 4.58 Å². The third kappa shape index (κ3) is 8.60. The summed E-state index contributed by atoms with van der Waals surface area (Å²) in [5.74, 6) is 0. The van der Waals surface area contributed by atoms with Gasteiger partial charge < -0.3 is 8.54 Å². The van der Waals surface area contributed by atoms with Gasteiger partial charge in [-0.05, 0) is 66.7 Å². The molecule has 0 saturated heterocycles. The third-order valence-corrected chi connectivity index (χ3v) is 8.82. The van der Waals surface area contributed by atoms with Crippen LogP contribution in [0.5, 0.6) is 0 Å². The van der Waals surface area contributed by atoms with Crippen LogP contribution in [-0.2, 0) is 17.7 Å². The van der Waals surface area contributed by atoms with E-state index in [1.807, 2.05) is 20.6 Å². The minimum Gasteiger partial charge on any atom is -0.415 e. The van der Waals surface area contributed by atoms with Gasteiger partial charge in [0.2, 0.25) is 8.32 Å². The van der Waals surface area contributed by atoms with Crippen molar-refractivity contribution >= 4 is 25.4 Å². The maximum Gasteiger partial charge on any atom is 0.516 e. The molecule has 0 bridgehead atoms. The lowest BCUT2D eigenvalue weighted by Gasteiger charge is -2.43. The zero-order chi connectivity index (χ0) is 17.1. The van der Waals surface area contributed by atoms with Gasteiger partial charge in [0, 0.05) is 6.55 Å². The summed E-state index contributed by atoms with van der Waals surface area (Å²) in [7, 11) is -2.48. The monoisotopic (exact) mass is 353 g/mol. The van der Waals surface area contributed by atoms with Crippen molar-refractivity contribution in [1.29, 1.82) is 0 Å². The molecule has 5 nitrogen and oxygen atoms in total. The molecule has 0 aliphatic carbocycles. The predicted molar refractivity (Wildman–Crippen MR) is 95.0 cm³/mol. The molecule has 2 unspecified atom stereocenters. The summed E-state index contributed by atoms with van der Waals surface area (Å²) in [5.41, 5.74) is -0.427. The molecule has 0 N–H and O–H groups in total. The number of hydrogen-bond donors (Lipinski definition) is 0. The van der Waals surface area contributed by atoms with Gasteiger partial charge in [0.05, 0.1) is 0 Å². The molecule has 0 fully saturated rings. The number of hydrogen-bond acceptors (Lipinski definition) is 5. The van der Waals surface area contributed by atoms with E-state index < -0.39 is 31.2 Å². The SMILES string of the molecule is CCC(C)(O[Si](C)(OO[Si](C)(C)C)O[Si](C)(C)C)N(C)C. The Morgan fingerprint density at radius 3 is 1.62 bits per heavy atom. The van der Waals surface area contributed by atoms with Gasteiger partial charge >= 0.3 is 8.80 Å². The van der Waals surface area contributed by atoms with Crippen LogP contribution in [0.1, 0.15) is 20.3 Å². The standard InChI is InChI=1S/C13H35NO4Si3/c1-12-13(2,14(3)4)15-21(11,18-20(8,9)10)17-16-19(5,6)7/h12H2,1-11H3. The van der Waals surface area contributed by atoms with Crippen LogP contribution < -0.4 is 0 Å². The topological polar surface area (TPSA) is 40.2 Å². The van der Waals surface area contributed by atoms with Crippen molar-refractivity contribution in [3.63, 3.8) is 0 Å². The summed E-state index contributed by atoms with van der Waals surface area (Å²) >= 11 is 0. The fourth-order valence-electron chi connectivity index (χ4n) is 1.69. The van der Waals surface area contributed by atoms with Crippen LogP contribution in [0.4, 0.5) is 0 Å². The molecule has 0 heterocycles. The molecule has 0 aromatic heterocycles. The van der Waals surface area contributed by atoms with Crippen molar-refractivity contribution in [2.75, 3.05) is 14.1 Å². The van der Waals surface area contributed by atoms with Gasteiger partial charge in [-0.3, -0.25) is 9.48 Å². The summed E-state index contributed by atoms with van der Waals surface area (Å²) in [6, 6.07) is 0. The summed E-state index contributed by atoms with van der Waals surface area (Å²) < 4.78 is 24.1. The highest BCUT2D eigenvalue weighted by molar-refractivity contribution is 6.79. The van der Waals surface area contributed by atoms with Gasteiger partial charge in [-0.1, -0.05) is 6.92 Å².